The van der Waals surface area contributed by atoms with Crippen LogP contribution < -0.4 is 11.1 Å². The number of nitrogens with one attached hydrogen (secondary N) is 1. The van der Waals surface area contributed by atoms with Gasteiger partial charge in [-0.05, 0) is 139 Å². The maximum absolute atomic E-state index is 13.3. The predicted octanol–water partition coefficient (Wildman–Crippen LogP) is 8.39. The number of azide groups is 1. The third kappa shape index (κ3) is 24.3. The Kier molecular flexibility index (Phi) is 34.7. The second-order valence-corrected chi connectivity index (χ2v) is 29.8. The van der Waals surface area contributed by atoms with Gasteiger partial charge >= 0.3 is 0 Å². The molecule has 7 rings (SSSR count). The van der Waals surface area contributed by atoms with Crippen LogP contribution in [0.3, 0.4) is 0 Å². The number of carbonyl (C=O) groups is 5. The van der Waals surface area contributed by atoms with E-state index in [0.29, 0.717) is 128 Å². The highest BCUT2D eigenvalue weighted by Gasteiger charge is 2.36. The lowest BCUT2D eigenvalue weighted by molar-refractivity contribution is 0.0431. The summed E-state index contributed by atoms with van der Waals surface area (Å²) in [5.74, 6) is 2.43. The summed E-state index contributed by atoms with van der Waals surface area (Å²) < 4.78 is 5.86. The Morgan fingerprint density at radius 1 is 0.571 bits per heavy atom. The van der Waals surface area contributed by atoms with Crippen LogP contribution in [0.5, 0.6) is 0 Å². The molecule has 0 aromatic carbocycles. The van der Waals surface area contributed by atoms with E-state index >= 15 is 0 Å². The molecule has 26 nitrogen and oxygen atoms in total. The minimum Gasteiger partial charge on any atom is -0.474 e. The molecule has 3 aromatic heterocycles. The van der Waals surface area contributed by atoms with Gasteiger partial charge in [-0.2, -0.15) is 0 Å². The molecular weight excluding hydrogens is 1240 g/mol. The smallest absolute Gasteiger partial charge is 0.274 e. The summed E-state index contributed by atoms with van der Waals surface area (Å²) in [5.41, 5.74) is 18.0. The third-order valence-corrected chi connectivity index (χ3v) is 19.6. The van der Waals surface area contributed by atoms with Gasteiger partial charge in [-0.25, -0.2) is 4.99 Å². The van der Waals surface area contributed by atoms with E-state index in [9.17, 15) is 29.1 Å². The van der Waals surface area contributed by atoms with E-state index in [4.69, 9.17) is 26.1 Å². The fraction of sp³-hybridized carbons (Fsp3) is 0.750. The van der Waals surface area contributed by atoms with Gasteiger partial charge in [0.1, 0.15) is 12.3 Å². The number of aromatic nitrogens is 6. The van der Waals surface area contributed by atoms with Gasteiger partial charge < -0.3 is 40.7 Å². The lowest BCUT2D eigenvalue weighted by Gasteiger charge is -2.42. The summed E-state index contributed by atoms with van der Waals surface area (Å²) >= 11 is 0. The molecule has 3 aromatic rings. The topological polar surface area (TPSA) is 331 Å². The Hall–Kier alpha value is -6.67. The van der Waals surface area contributed by atoms with Crippen LogP contribution >= 0.6 is 0 Å². The largest absolute Gasteiger partial charge is 0.474 e. The molecule has 3 fully saturated rings. The van der Waals surface area contributed by atoms with Crippen LogP contribution in [0.4, 0.5) is 0 Å². The van der Waals surface area contributed by atoms with Crippen molar-refractivity contribution in [2.75, 3.05) is 99.9 Å². The predicted molar refractivity (Wildman–Crippen MR) is 385 cm³/mol. The van der Waals surface area contributed by atoms with E-state index in [1.54, 1.807) is 12.1 Å². The highest BCUT2D eigenvalue weighted by atomic mass is 16.5. The van der Waals surface area contributed by atoms with E-state index in [2.05, 4.69) is 165 Å². The molecule has 3 saturated heterocycles. The maximum Gasteiger partial charge on any atom is 0.274 e. The van der Waals surface area contributed by atoms with E-state index in [1.165, 1.54) is 0 Å². The quantitative estimate of drug-likeness (QED) is 0.0371. The Bertz CT molecular complexity index is 3110. The lowest BCUT2D eigenvalue weighted by atomic mass is 9.95. The second-order valence-electron chi connectivity index (χ2n) is 29.8. The first-order valence-electron chi connectivity index (χ1n) is 35.9. The second kappa shape index (κ2) is 40.5. The van der Waals surface area contributed by atoms with E-state index in [-0.39, 0.29) is 95.5 Å². The standard InChI is InChI=1S/C24H41N5O3.C24H39N5O2.C19H29N7O2.C5H13NO/c1-8-17(6)21-13-29(10-9-28(21)7)24(32)19-12-18(11-15(2)3)22(27-26-19)23(31)25-20(14-30)16(4)5;1-8-17(6)21-13-29(10-9-28(21)7)24(30)19-12-18(11-15(2)3)22(27-26-19)23-25-20(14-31-23)16(4)5;1-6-13(4)16-11-26(8-7-25(16)5)19(28)15-10-14(9-12(2)3)17(22-21-15)18(27)23-24-20;1-4(2)5(6)3-7/h12,15-17,20-21,30H,8-11,13-14H2,1-7H3,(H,25,31);12,15-17,20-21H,8-11,13-14H2,1-7H3;10,12-13,16H,6-9,11H2,1-5H3;4-5,7H,3,6H2,1-2H3/t2*17?,20-,21-;13?,16-;5-/m1111/s1. The van der Waals surface area contributed by atoms with Crippen molar-refractivity contribution in [1.29, 1.82) is 0 Å². The molecule has 26 heteroatoms. The van der Waals surface area contributed by atoms with E-state index in [1.807, 2.05) is 62.3 Å². The molecule has 4 aliphatic rings. The number of aliphatic hydroxyl groups excluding tert-OH is 2. The lowest BCUT2D eigenvalue weighted by Crippen LogP contribution is -2.55. The number of amides is 5. The van der Waals surface area contributed by atoms with Gasteiger partial charge in [0, 0.05) is 88.0 Å². The first kappa shape index (κ1) is 83.7. The van der Waals surface area contributed by atoms with Crippen molar-refractivity contribution in [1.82, 2.24) is 65.3 Å². The molecular formula is C72H122N18O8. The molecule has 0 bridgehead atoms. The first-order valence-corrected chi connectivity index (χ1v) is 35.9. The Morgan fingerprint density at radius 3 is 1.30 bits per heavy atom. The fourth-order valence-corrected chi connectivity index (χ4v) is 12.2. The number of nitrogens with zero attached hydrogens (tertiary/aromatic N) is 16. The summed E-state index contributed by atoms with van der Waals surface area (Å²) in [4.78, 5) is 84.4. The maximum atomic E-state index is 13.3. The monoisotopic (exact) mass is 1370 g/mol. The SMILES string of the molecule is CC(C)[C@H](N)CO.CCC(C)[C@H]1CN(C(=O)c2cc(CC(C)C)c(C(=O)N=[N+]=[N-])nn2)CCN1C.CCC(C)[C@H]1CN(C(=O)c2cc(CC(C)C)c(C(=O)N[C@H](CO)C(C)C)nn2)CCN1C.CCC(C)[C@H]1CN(C(=O)c2cc(CC(C)C)c(C3=N[C@@H](C(C)C)CO3)nn2)CCN1C. The van der Waals surface area contributed by atoms with Crippen LogP contribution in [0.25, 0.3) is 10.4 Å². The number of carbonyl (C=O) groups excluding carboxylic acids is 5. The zero-order chi connectivity index (χ0) is 73.4. The molecule has 5 amide bonds. The van der Waals surface area contributed by atoms with Gasteiger partial charge in [-0.1, -0.05) is 144 Å². The number of ether oxygens (including phenoxy) is 1. The molecule has 98 heavy (non-hydrogen) atoms. The zero-order valence-corrected chi connectivity index (χ0v) is 63.2. The highest BCUT2D eigenvalue weighted by Crippen LogP contribution is 2.27. The summed E-state index contributed by atoms with van der Waals surface area (Å²) in [5, 5.41) is 48.9. The number of likely N-dealkylation sites (N-methyl/N-ethyl adjacent to an activating group) is 3. The van der Waals surface area contributed by atoms with Crippen LogP contribution in [-0.4, -0.2) is 242 Å². The van der Waals surface area contributed by atoms with Crippen LogP contribution in [-0.2, 0) is 24.0 Å². The molecule has 5 N–H and O–H groups in total. The summed E-state index contributed by atoms with van der Waals surface area (Å²) in [6.45, 7) is 44.9. The van der Waals surface area contributed by atoms with Gasteiger partial charge in [0.15, 0.2) is 28.5 Å². The number of aliphatic imine (C=N–C) groups is 1. The van der Waals surface area contributed by atoms with Crippen molar-refractivity contribution >= 4 is 35.4 Å². The Labute approximate surface area is 585 Å². The van der Waals surface area contributed by atoms with Crippen molar-refractivity contribution in [3.63, 3.8) is 0 Å². The third-order valence-electron chi connectivity index (χ3n) is 19.6. The molecule has 0 saturated carbocycles. The van der Waals surface area contributed by atoms with Crippen molar-refractivity contribution in [2.45, 2.75) is 199 Å². The van der Waals surface area contributed by atoms with Gasteiger partial charge in [0.05, 0.1) is 25.3 Å². The minimum atomic E-state index is -0.777. The van der Waals surface area contributed by atoms with E-state index < -0.39 is 5.91 Å². The molecule has 548 valence electrons. The number of rotatable bonds is 24. The summed E-state index contributed by atoms with van der Waals surface area (Å²) in [6, 6.07) is 5.99. The highest BCUT2D eigenvalue weighted by molar-refractivity contribution is 5.98. The average Bonchev–Trinajstić information content (AvgIpc) is 1.19. The molecule has 0 aliphatic carbocycles. The summed E-state index contributed by atoms with van der Waals surface area (Å²) in [7, 11) is 6.36. The van der Waals surface area contributed by atoms with Crippen molar-refractivity contribution in [2.24, 2.45) is 69.1 Å². The van der Waals surface area contributed by atoms with Crippen molar-refractivity contribution in [3.8, 4) is 0 Å². The number of hydrogen-bond donors (Lipinski definition) is 4. The van der Waals surface area contributed by atoms with Crippen LogP contribution in [0.1, 0.15) is 219 Å². The molecule has 7 heterocycles. The molecule has 9 atom stereocenters. The van der Waals surface area contributed by atoms with Crippen LogP contribution in [0.2, 0.25) is 0 Å². The molecule has 3 unspecified atom stereocenters. The van der Waals surface area contributed by atoms with Crippen LogP contribution in [0, 0.1) is 53.3 Å². The van der Waals surface area contributed by atoms with Gasteiger partial charge in [0.25, 0.3) is 29.5 Å². The number of piperazine rings is 3. The van der Waals surface area contributed by atoms with Gasteiger partial charge in [0.2, 0.25) is 5.90 Å². The van der Waals surface area contributed by atoms with Crippen LogP contribution in [0.15, 0.2) is 28.3 Å². The minimum absolute atomic E-state index is 0.0129. The van der Waals surface area contributed by atoms with E-state index in [0.717, 1.165) is 64.0 Å². The van der Waals surface area contributed by atoms with Crippen molar-refractivity contribution in [3.05, 3.63) is 79.5 Å². The van der Waals surface area contributed by atoms with Gasteiger partial charge in [-0.15, -0.1) is 30.6 Å². The normalized spacial score (nSPS) is 20.1. The Balaban J connectivity index is 0.000000297. The first-order chi connectivity index (χ1) is 46.2. The number of hydrogen-bond acceptors (Lipinski definition) is 19. The number of aliphatic hydroxyl groups is 2. The summed E-state index contributed by atoms with van der Waals surface area (Å²) in [6.07, 6.45) is 5.16. The molecule has 4 aliphatic heterocycles. The Morgan fingerprint density at radius 2 is 0.959 bits per heavy atom. The van der Waals surface area contributed by atoms with Crippen molar-refractivity contribution < 1.29 is 38.9 Å². The number of nitrogens with two attached hydrogens (primary N) is 1. The average molecular weight is 1370 g/mol. The fourth-order valence-electron chi connectivity index (χ4n) is 12.2. The van der Waals surface area contributed by atoms with Gasteiger partial charge in [-0.3, -0.25) is 38.7 Å². The molecule has 0 radical (unpaired) electrons. The molecule has 0 spiro atoms. The zero-order valence-electron chi connectivity index (χ0n) is 63.2.